The van der Waals surface area contributed by atoms with Gasteiger partial charge >= 0.3 is 11.8 Å². The van der Waals surface area contributed by atoms with Crippen molar-refractivity contribution in [3.8, 4) is 5.75 Å². The molecule has 2 amide bonds. The molecule has 1 atom stereocenters. The maximum absolute atomic E-state index is 12.5. The Morgan fingerprint density at radius 2 is 1.78 bits per heavy atom. The van der Waals surface area contributed by atoms with Gasteiger partial charge in [-0.1, -0.05) is 12.1 Å². The number of hydrogen-bond acceptors (Lipinski definition) is 5. The summed E-state index contributed by atoms with van der Waals surface area (Å²) in [6, 6.07) is 13.7. The molecule has 2 heterocycles. The third kappa shape index (κ3) is 5.05. The third-order valence-electron chi connectivity index (χ3n) is 6.28. The number of hydrogen-bond donors (Lipinski definition) is 2. The van der Waals surface area contributed by atoms with Crippen molar-refractivity contribution in [3.05, 3.63) is 53.6 Å². The van der Waals surface area contributed by atoms with Crippen molar-refractivity contribution >= 4 is 23.2 Å². The first-order valence-corrected chi connectivity index (χ1v) is 11.4. The number of rotatable bonds is 7. The van der Waals surface area contributed by atoms with Gasteiger partial charge in [-0.15, -0.1) is 0 Å². The highest BCUT2D eigenvalue weighted by Crippen LogP contribution is 2.32. The molecule has 0 aliphatic carbocycles. The number of nitrogens with one attached hydrogen (secondary N) is 2. The number of carbonyl (C=O) groups is 2. The van der Waals surface area contributed by atoms with Gasteiger partial charge in [-0.05, 0) is 80.7 Å². The molecule has 0 unspecified atom stereocenters. The van der Waals surface area contributed by atoms with E-state index in [4.69, 9.17) is 4.74 Å². The van der Waals surface area contributed by atoms with Gasteiger partial charge in [0.2, 0.25) is 0 Å². The first-order valence-electron chi connectivity index (χ1n) is 11.4. The molecule has 1 saturated heterocycles. The van der Waals surface area contributed by atoms with Crippen LogP contribution in [0.1, 0.15) is 36.9 Å². The summed E-state index contributed by atoms with van der Waals surface area (Å²) in [6.45, 7) is 5.95. The number of likely N-dealkylation sites (tertiary alicyclic amines) is 1. The second-order valence-corrected chi connectivity index (χ2v) is 8.44. The molecule has 1 fully saturated rings. The van der Waals surface area contributed by atoms with Crippen LogP contribution in [0.3, 0.4) is 0 Å². The number of amides is 2. The standard InChI is InChI=1S/C25H32N4O3/c1-3-32-21-9-7-20(8-10-21)27-25(31)24(30)26-17-23(29-13-4-5-14-29)18-6-11-22-19(16-18)12-15-28(22)2/h6-11,16,23H,3-5,12-15,17H2,1-2H3,(H,26,30)(H,27,31)/t23-/m0/s1. The SMILES string of the molecule is CCOc1ccc(NC(=O)C(=O)NC[C@@H](c2ccc3c(c2)CCN3C)N2CCCC2)cc1. The molecule has 7 heteroatoms. The van der Waals surface area contributed by atoms with Crippen LogP contribution in [-0.4, -0.2) is 56.5 Å². The lowest BCUT2D eigenvalue weighted by atomic mass is 10.0. The molecule has 2 aliphatic rings. The average Bonchev–Trinajstić information content (AvgIpc) is 3.46. The molecule has 0 aromatic heterocycles. The number of carbonyl (C=O) groups excluding carboxylic acids is 2. The minimum atomic E-state index is -0.662. The Labute approximate surface area is 189 Å². The fourth-order valence-electron chi connectivity index (χ4n) is 4.56. The highest BCUT2D eigenvalue weighted by atomic mass is 16.5. The van der Waals surface area contributed by atoms with Crippen LogP contribution >= 0.6 is 0 Å². The number of benzene rings is 2. The topological polar surface area (TPSA) is 73.9 Å². The monoisotopic (exact) mass is 436 g/mol. The van der Waals surface area contributed by atoms with E-state index in [9.17, 15) is 9.59 Å². The fraction of sp³-hybridized carbons (Fsp3) is 0.440. The van der Waals surface area contributed by atoms with Crippen LogP contribution in [0.25, 0.3) is 0 Å². The van der Waals surface area contributed by atoms with Gasteiger partial charge in [0.25, 0.3) is 0 Å². The van der Waals surface area contributed by atoms with E-state index in [1.165, 1.54) is 16.8 Å². The van der Waals surface area contributed by atoms with Crippen molar-refractivity contribution < 1.29 is 14.3 Å². The van der Waals surface area contributed by atoms with E-state index >= 15 is 0 Å². The Morgan fingerprint density at radius 3 is 2.50 bits per heavy atom. The van der Waals surface area contributed by atoms with Gasteiger partial charge < -0.3 is 20.3 Å². The van der Waals surface area contributed by atoms with E-state index in [1.54, 1.807) is 24.3 Å². The summed E-state index contributed by atoms with van der Waals surface area (Å²) >= 11 is 0. The zero-order valence-corrected chi connectivity index (χ0v) is 18.9. The van der Waals surface area contributed by atoms with Crippen molar-refractivity contribution in [1.82, 2.24) is 10.2 Å². The number of nitrogens with zero attached hydrogens (tertiary/aromatic N) is 2. The van der Waals surface area contributed by atoms with Gasteiger partial charge in [0.05, 0.1) is 12.6 Å². The molecular weight excluding hydrogens is 404 g/mol. The largest absolute Gasteiger partial charge is 0.494 e. The van der Waals surface area contributed by atoms with Gasteiger partial charge in [-0.2, -0.15) is 0 Å². The van der Waals surface area contributed by atoms with Crippen molar-refractivity contribution in [2.45, 2.75) is 32.2 Å². The predicted octanol–water partition coefficient (Wildman–Crippen LogP) is 2.97. The van der Waals surface area contributed by atoms with Crippen molar-refractivity contribution in [3.63, 3.8) is 0 Å². The summed E-state index contributed by atoms with van der Waals surface area (Å²) in [5.41, 5.74) is 4.40. The third-order valence-corrected chi connectivity index (χ3v) is 6.28. The zero-order chi connectivity index (χ0) is 22.5. The Kier molecular flexibility index (Phi) is 6.95. The van der Waals surface area contributed by atoms with E-state index in [0.717, 1.165) is 44.6 Å². The number of anilines is 2. The maximum atomic E-state index is 12.5. The van der Waals surface area contributed by atoms with Crippen LogP contribution in [0, 0.1) is 0 Å². The quantitative estimate of drug-likeness (QED) is 0.653. The summed E-state index contributed by atoms with van der Waals surface area (Å²) in [5.74, 6) is -0.558. The molecule has 2 aromatic carbocycles. The fourth-order valence-corrected chi connectivity index (χ4v) is 4.56. The van der Waals surface area contributed by atoms with E-state index in [2.05, 4.69) is 45.7 Å². The molecule has 2 N–H and O–H groups in total. The molecule has 0 spiro atoms. The van der Waals surface area contributed by atoms with Crippen LogP contribution in [0.4, 0.5) is 11.4 Å². The normalized spacial score (nSPS) is 16.5. The van der Waals surface area contributed by atoms with E-state index in [-0.39, 0.29) is 6.04 Å². The second kappa shape index (κ2) is 10.0. The van der Waals surface area contributed by atoms with Gasteiger partial charge in [-0.3, -0.25) is 14.5 Å². The lowest BCUT2D eigenvalue weighted by molar-refractivity contribution is -0.136. The van der Waals surface area contributed by atoms with E-state index in [1.807, 2.05) is 6.92 Å². The summed E-state index contributed by atoms with van der Waals surface area (Å²) < 4.78 is 5.40. The van der Waals surface area contributed by atoms with Gasteiger partial charge in [0.1, 0.15) is 5.75 Å². The smallest absolute Gasteiger partial charge is 0.313 e. The molecule has 170 valence electrons. The summed E-state index contributed by atoms with van der Waals surface area (Å²) in [4.78, 5) is 29.6. The number of likely N-dealkylation sites (N-methyl/N-ethyl adjacent to an activating group) is 1. The molecular formula is C25H32N4O3. The van der Waals surface area contributed by atoms with Crippen LogP contribution in [0.15, 0.2) is 42.5 Å². The molecule has 7 nitrogen and oxygen atoms in total. The Morgan fingerprint density at radius 1 is 1.03 bits per heavy atom. The number of fused-ring (bicyclic) bond motifs is 1. The first-order chi connectivity index (χ1) is 15.5. The van der Waals surface area contributed by atoms with Gasteiger partial charge in [0.15, 0.2) is 0 Å². The average molecular weight is 437 g/mol. The summed E-state index contributed by atoms with van der Waals surface area (Å²) in [5, 5.41) is 5.52. The van der Waals surface area contributed by atoms with E-state index in [0.29, 0.717) is 18.8 Å². The van der Waals surface area contributed by atoms with Crippen molar-refractivity contribution in [2.24, 2.45) is 0 Å². The minimum Gasteiger partial charge on any atom is -0.494 e. The highest BCUT2D eigenvalue weighted by Gasteiger charge is 2.27. The first kappa shape index (κ1) is 22.1. The molecule has 2 aliphatic heterocycles. The Bertz CT molecular complexity index is 954. The summed E-state index contributed by atoms with van der Waals surface area (Å²) in [6.07, 6.45) is 3.37. The van der Waals surface area contributed by atoms with Crippen LogP contribution in [0.2, 0.25) is 0 Å². The molecule has 0 saturated carbocycles. The molecule has 2 aromatic rings. The predicted molar refractivity (Wildman–Crippen MR) is 126 cm³/mol. The molecule has 32 heavy (non-hydrogen) atoms. The van der Waals surface area contributed by atoms with Crippen molar-refractivity contribution in [2.75, 3.05) is 50.1 Å². The minimum absolute atomic E-state index is 0.0657. The number of ether oxygens (including phenoxy) is 1. The Hall–Kier alpha value is -3.06. The van der Waals surface area contributed by atoms with Crippen LogP contribution in [0.5, 0.6) is 5.75 Å². The molecule has 0 radical (unpaired) electrons. The molecule has 0 bridgehead atoms. The maximum Gasteiger partial charge on any atom is 0.313 e. The van der Waals surface area contributed by atoms with Gasteiger partial charge in [0, 0.05) is 31.5 Å². The second-order valence-electron chi connectivity index (χ2n) is 8.44. The lowest BCUT2D eigenvalue weighted by Gasteiger charge is -2.28. The molecule has 4 rings (SSSR count). The van der Waals surface area contributed by atoms with Crippen molar-refractivity contribution in [1.29, 1.82) is 0 Å². The van der Waals surface area contributed by atoms with Crippen LogP contribution in [-0.2, 0) is 16.0 Å². The highest BCUT2D eigenvalue weighted by molar-refractivity contribution is 6.39. The lowest BCUT2D eigenvalue weighted by Crippen LogP contribution is -2.41. The van der Waals surface area contributed by atoms with E-state index < -0.39 is 11.8 Å². The Balaban J connectivity index is 1.39. The van der Waals surface area contributed by atoms with Crippen LogP contribution < -0.4 is 20.3 Å². The zero-order valence-electron chi connectivity index (χ0n) is 18.9. The van der Waals surface area contributed by atoms with Gasteiger partial charge in [-0.25, -0.2) is 0 Å². The summed E-state index contributed by atoms with van der Waals surface area (Å²) in [7, 11) is 2.12.